The van der Waals surface area contributed by atoms with E-state index in [4.69, 9.17) is 10.9 Å². The first kappa shape index (κ1) is 12.8. The zero-order chi connectivity index (χ0) is 13.1. The van der Waals surface area contributed by atoms with E-state index in [0.717, 1.165) is 15.7 Å². The number of aryl methyl sites for hydroxylation is 2. The molecule has 3 N–H and O–H groups in total. The number of hydrogen-bond donors (Lipinski definition) is 2. The van der Waals surface area contributed by atoms with Crippen molar-refractivity contribution < 1.29 is 5.21 Å². The Morgan fingerprint density at radius 3 is 2.72 bits per heavy atom. The van der Waals surface area contributed by atoms with Gasteiger partial charge in [0.25, 0.3) is 0 Å². The highest BCUT2D eigenvalue weighted by Crippen LogP contribution is 2.31. The molecule has 2 heterocycles. The first-order chi connectivity index (χ1) is 8.60. The average Bonchev–Trinajstić information content (AvgIpc) is 2.74. The average molecular weight is 280 g/mol. The molecule has 0 saturated heterocycles. The van der Waals surface area contributed by atoms with Gasteiger partial charge in [-0.2, -0.15) is 0 Å². The molecule has 0 aromatic carbocycles. The Morgan fingerprint density at radius 2 is 2.11 bits per heavy atom. The minimum atomic E-state index is 0.0540. The molecule has 2 rings (SSSR count). The molecule has 2 aromatic heterocycles. The van der Waals surface area contributed by atoms with Crippen LogP contribution in [0.1, 0.15) is 17.0 Å². The van der Waals surface area contributed by atoms with Crippen LogP contribution in [-0.2, 0) is 0 Å². The zero-order valence-electron chi connectivity index (χ0n) is 9.91. The summed E-state index contributed by atoms with van der Waals surface area (Å²) in [4.78, 5) is 8.76. The summed E-state index contributed by atoms with van der Waals surface area (Å²) in [5.41, 5.74) is 8.09. The van der Waals surface area contributed by atoms with Gasteiger partial charge in [-0.3, -0.25) is 0 Å². The maximum Gasteiger partial charge on any atom is 0.172 e. The molecule has 0 aliphatic carbocycles. The van der Waals surface area contributed by atoms with Crippen LogP contribution in [0, 0.1) is 13.8 Å². The van der Waals surface area contributed by atoms with Crippen LogP contribution in [0.4, 0.5) is 0 Å². The van der Waals surface area contributed by atoms with E-state index in [-0.39, 0.29) is 5.84 Å². The molecule has 0 atom stereocenters. The highest BCUT2D eigenvalue weighted by Gasteiger charge is 2.12. The molecule has 0 saturated carbocycles. The fourth-order valence-corrected chi connectivity index (χ4v) is 3.24. The van der Waals surface area contributed by atoms with Crippen LogP contribution in [0.25, 0.3) is 0 Å². The van der Waals surface area contributed by atoms with Gasteiger partial charge in [-0.25, -0.2) is 9.97 Å². The second kappa shape index (κ2) is 5.36. The summed E-state index contributed by atoms with van der Waals surface area (Å²) in [6.07, 6.45) is 0. The summed E-state index contributed by atoms with van der Waals surface area (Å²) in [5, 5.41) is 14.5. The second-order valence-electron chi connectivity index (χ2n) is 3.65. The minimum Gasteiger partial charge on any atom is -0.409 e. The van der Waals surface area contributed by atoms with Crippen LogP contribution in [0.3, 0.4) is 0 Å². The number of aromatic nitrogens is 2. The van der Waals surface area contributed by atoms with Gasteiger partial charge in [-0.15, -0.1) is 11.3 Å². The Balaban J connectivity index is 2.39. The quantitative estimate of drug-likeness (QED) is 0.390. The van der Waals surface area contributed by atoms with Gasteiger partial charge < -0.3 is 10.9 Å². The maximum atomic E-state index is 8.77. The van der Waals surface area contributed by atoms with Crippen LogP contribution in [0.5, 0.6) is 0 Å². The van der Waals surface area contributed by atoms with E-state index in [1.165, 1.54) is 11.8 Å². The summed E-state index contributed by atoms with van der Waals surface area (Å²) in [6.45, 7) is 3.84. The van der Waals surface area contributed by atoms with Crippen molar-refractivity contribution in [3.8, 4) is 0 Å². The van der Waals surface area contributed by atoms with Gasteiger partial charge in [0.2, 0.25) is 0 Å². The summed E-state index contributed by atoms with van der Waals surface area (Å²) in [6, 6.07) is 3.62. The Kier molecular flexibility index (Phi) is 3.83. The molecular formula is C11H12N4OS2. The first-order valence-electron chi connectivity index (χ1n) is 5.15. The standard InChI is InChI=1S/C11H12N4OS2/c1-6-3-4-8(9(12)15-16)10(13-6)18-11-14-7(2)5-17-11/h3-5,16H,1-2H3,(H2,12,15). The van der Waals surface area contributed by atoms with Crippen LogP contribution in [-0.4, -0.2) is 21.0 Å². The summed E-state index contributed by atoms with van der Waals surface area (Å²) < 4.78 is 0.887. The lowest BCUT2D eigenvalue weighted by Crippen LogP contribution is -2.15. The Labute approximate surface area is 113 Å². The predicted octanol–water partition coefficient (Wildman–Crippen LogP) is 2.40. The van der Waals surface area contributed by atoms with Crippen molar-refractivity contribution in [3.05, 3.63) is 34.5 Å². The summed E-state index contributed by atoms with van der Waals surface area (Å²) in [5.74, 6) is 0.0540. The number of oxime groups is 1. The van der Waals surface area contributed by atoms with Crippen molar-refractivity contribution in [2.75, 3.05) is 0 Å². The van der Waals surface area contributed by atoms with E-state index in [0.29, 0.717) is 10.6 Å². The number of nitrogens with two attached hydrogens (primary N) is 1. The number of nitrogens with zero attached hydrogens (tertiary/aromatic N) is 3. The van der Waals surface area contributed by atoms with E-state index in [9.17, 15) is 0 Å². The van der Waals surface area contributed by atoms with Crippen molar-refractivity contribution in [2.45, 2.75) is 23.2 Å². The Bertz CT molecular complexity index is 594. The molecule has 0 unspecified atom stereocenters. The van der Waals surface area contributed by atoms with Gasteiger partial charge >= 0.3 is 0 Å². The maximum absolute atomic E-state index is 8.77. The highest BCUT2D eigenvalue weighted by atomic mass is 32.2. The van der Waals surface area contributed by atoms with Gasteiger partial charge in [-0.05, 0) is 37.7 Å². The molecule has 0 aliphatic rings. The first-order valence-corrected chi connectivity index (χ1v) is 6.85. The molecule has 94 valence electrons. The van der Waals surface area contributed by atoms with Crippen LogP contribution < -0.4 is 5.73 Å². The minimum absolute atomic E-state index is 0.0540. The third-order valence-electron chi connectivity index (χ3n) is 2.17. The largest absolute Gasteiger partial charge is 0.409 e. The number of thiazole rings is 1. The van der Waals surface area contributed by atoms with E-state index in [1.54, 1.807) is 17.4 Å². The van der Waals surface area contributed by atoms with E-state index < -0.39 is 0 Å². The van der Waals surface area contributed by atoms with Gasteiger partial charge in [0.15, 0.2) is 10.2 Å². The monoisotopic (exact) mass is 280 g/mol. The number of rotatable bonds is 3. The number of hydrogen-bond acceptors (Lipinski definition) is 6. The third-order valence-corrected chi connectivity index (χ3v) is 4.23. The molecule has 0 radical (unpaired) electrons. The summed E-state index contributed by atoms with van der Waals surface area (Å²) >= 11 is 2.96. The molecule has 0 amide bonds. The molecule has 18 heavy (non-hydrogen) atoms. The van der Waals surface area contributed by atoms with Gasteiger partial charge in [0, 0.05) is 16.8 Å². The SMILES string of the molecule is Cc1csc(Sc2nc(C)ccc2C(N)=NO)n1. The van der Waals surface area contributed by atoms with Crippen molar-refractivity contribution >= 4 is 28.9 Å². The fourth-order valence-electron chi connectivity index (χ4n) is 1.32. The van der Waals surface area contributed by atoms with Gasteiger partial charge in [0.1, 0.15) is 5.03 Å². The number of pyridine rings is 1. The smallest absolute Gasteiger partial charge is 0.172 e. The van der Waals surface area contributed by atoms with Gasteiger partial charge in [-0.1, -0.05) is 5.16 Å². The summed E-state index contributed by atoms with van der Waals surface area (Å²) in [7, 11) is 0. The molecule has 0 spiro atoms. The lowest BCUT2D eigenvalue weighted by atomic mass is 10.2. The lowest BCUT2D eigenvalue weighted by Gasteiger charge is -2.06. The Hall–Kier alpha value is -1.60. The lowest BCUT2D eigenvalue weighted by molar-refractivity contribution is 0.318. The molecule has 5 nitrogen and oxygen atoms in total. The molecule has 0 aliphatic heterocycles. The number of amidine groups is 1. The van der Waals surface area contributed by atoms with Crippen LogP contribution in [0.2, 0.25) is 0 Å². The molecule has 0 fully saturated rings. The van der Waals surface area contributed by atoms with Crippen molar-refractivity contribution in [1.82, 2.24) is 9.97 Å². The van der Waals surface area contributed by atoms with Crippen LogP contribution in [0.15, 0.2) is 32.0 Å². The van der Waals surface area contributed by atoms with Crippen molar-refractivity contribution in [1.29, 1.82) is 0 Å². The van der Waals surface area contributed by atoms with E-state index >= 15 is 0 Å². The topological polar surface area (TPSA) is 84.4 Å². The fraction of sp³-hybridized carbons (Fsp3) is 0.182. The van der Waals surface area contributed by atoms with Crippen molar-refractivity contribution in [2.24, 2.45) is 10.9 Å². The van der Waals surface area contributed by atoms with E-state index in [2.05, 4.69) is 15.1 Å². The van der Waals surface area contributed by atoms with Crippen molar-refractivity contribution in [3.63, 3.8) is 0 Å². The zero-order valence-corrected chi connectivity index (χ0v) is 11.5. The van der Waals surface area contributed by atoms with Crippen LogP contribution >= 0.6 is 23.1 Å². The molecule has 7 heteroatoms. The Morgan fingerprint density at radius 1 is 1.33 bits per heavy atom. The normalized spacial score (nSPS) is 11.8. The molecule has 0 bridgehead atoms. The predicted molar refractivity (Wildman–Crippen MR) is 72.5 cm³/mol. The second-order valence-corrected chi connectivity index (χ2v) is 5.74. The highest BCUT2D eigenvalue weighted by molar-refractivity contribution is 8.01. The molecular weight excluding hydrogens is 268 g/mol. The van der Waals surface area contributed by atoms with E-state index in [1.807, 2.05) is 25.3 Å². The third kappa shape index (κ3) is 2.80. The van der Waals surface area contributed by atoms with Gasteiger partial charge in [0.05, 0.1) is 5.56 Å². The molecule has 2 aromatic rings.